The van der Waals surface area contributed by atoms with Crippen molar-refractivity contribution in [3.8, 4) is 17.1 Å². The minimum atomic E-state index is -1.15. The number of rotatable bonds is 8. The molecule has 0 unspecified atom stereocenters. The summed E-state index contributed by atoms with van der Waals surface area (Å²) in [6, 6.07) is 21.3. The number of nitrogens with zero attached hydrogens (tertiary/aromatic N) is 2. The second-order valence-corrected chi connectivity index (χ2v) is 10.2. The third-order valence-electron chi connectivity index (χ3n) is 6.11. The molecule has 0 radical (unpaired) electrons. The lowest BCUT2D eigenvalue weighted by Gasteiger charge is -2.16. The molecule has 0 saturated carbocycles. The van der Waals surface area contributed by atoms with Crippen LogP contribution in [0.15, 0.2) is 93.2 Å². The summed E-state index contributed by atoms with van der Waals surface area (Å²) in [5.74, 6) is -1.02. The molecule has 2 heterocycles. The van der Waals surface area contributed by atoms with Crippen LogP contribution < -0.4 is 4.74 Å². The van der Waals surface area contributed by atoms with Crippen LogP contribution in [0.5, 0.6) is 5.75 Å². The van der Waals surface area contributed by atoms with E-state index >= 15 is 0 Å². The summed E-state index contributed by atoms with van der Waals surface area (Å²) < 4.78 is 11.1. The van der Waals surface area contributed by atoms with Crippen molar-refractivity contribution in [2.45, 2.75) is 6.54 Å². The average Bonchev–Trinajstić information content (AvgIpc) is 3.54. The monoisotopic (exact) mass is 588 g/mol. The summed E-state index contributed by atoms with van der Waals surface area (Å²) in [6.45, 7) is 0.171. The van der Waals surface area contributed by atoms with Crippen LogP contribution in [0.2, 0.25) is 5.02 Å². The molecule has 0 bridgehead atoms. The van der Waals surface area contributed by atoms with E-state index in [9.17, 15) is 24.6 Å². The Morgan fingerprint density at radius 1 is 1.00 bits per heavy atom. The number of carboxylic acids is 2. The van der Waals surface area contributed by atoms with E-state index in [0.717, 1.165) is 5.56 Å². The van der Waals surface area contributed by atoms with Crippen molar-refractivity contribution >= 4 is 58.1 Å². The topological polar surface area (TPSA) is 130 Å². The molecule has 206 valence electrons. The maximum atomic E-state index is 13.5. The number of aliphatic imine (C=N–C) groups is 1. The number of ether oxygens (including phenoxy) is 1. The number of benzene rings is 3. The summed E-state index contributed by atoms with van der Waals surface area (Å²) in [4.78, 5) is 42.8. The summed E-state index contributed by atoms with van der Waals surface area (Å²) in [5.41, 5.74) is 1.97. The molecule has 4 aromatic rings. The molecule has 9 nitrogen and oxygen atoms in total. The third kappa shape index (κ3) is 6.19. The molecule has 5 rings (SSSR count). The molecule has 1 amide bonds. The maximum Gasteiger partial charge on any atom is 0.337 e. The zero-order chi connectivity index (χ0) is 29.1. The number of carboxylic acid groups (broad SMARTS) is 2. The number of amidine groups is 1. The normalized spacial score (nSPS) is 15.1. The molecule has 2 N–H and O–H groups in total. The number of furan rings is 1. The Labute approximate surface area is 243 Å². The van der Waals surface area contributed by atoms with Gasteiger partial charge in [-0.1, -0.05) is 23.7 Å². The van der Waals surface area contributed by atoms with E-state index in [0.29, 0.717) is 38.6 Å². The quantitative estimate of drug-likeness (QED) is 0.215. The van der Waals surface area contributed by atoms with Crippen LogP contribution >= 0.6 is 23.4 Å². The number of carbonyl (C=O) groups excluding carboxylic acids is 1. The maximum absolute atomic E-state index is 13.5. The first-order chi connectivity index (χ1) is 19.7. The van der Waals surface area contributed by atoms with E-state index in [1.165, 1.54) is 40.9 Å². The minimum Gasteiger partial charge on any atom is -0.497 e. The Kier molecular flexibility index (Phi) is 7.95. The molecular formula is C30H21ClN2O7S. The van der Waals surface area contributed by atoms with Gasteiger partial charge in [-0.25, -0.2) is 14.6 Å². The number of methoxy groups -OCH3 is 1. The van der Waals surface area contributed by atoms with Crippen molar-refractivity contribution in [1.29, 1.82) is 0 Å². The number of amides is 1. The van der Waals surface area contributed by atoms with E-state index in [1.54, 1.807) is 67.8 Å². The number of thioether (sulfide) groups is 1. The van der Waals surface area contributed by atoms with Gasteiger partial charge in [-0.15, -0.1) is 0 Å². The lowest BCUT2D eigenvalue weighted by Crippen LogP contribution is -2.28. The number of aromatic carboxylic acids is 2. The summed E-state index contributed by atoms with van der Waals surface area (Å²) >= 11 is 7.16. The van der Waals surface area contributed by atoms with E-state index in [-0.39, 0.29) is 28.6 Å². The average molecular weight is 589 g/mol. The fraction of sp³-hybridized carbons (Fsp3) is 0.0667. The van der Waals surface area contributed by atoms with Crippen LogP contribution in [0.1, 0.15) is 32.0 Å². The van der Waals surface area contributed by atoms with Gasteiger partial charge in [-0.2, -0.15) is 0 Å². The van der Waals surface area contributed by atoms with Crippen molar-refractivity contribution < 1.29 is 33.8 Å². The number of halogens is 1. The fourth-order valence-electron chi connectivity index (χ4n) is 3.99. The van der Waals surface area contributed by atoms with Crippen LogP contribution in [0.4, 0.5) is 5.69 Å². The molecule has 3 aromatic carbocycles. The summed E-state index contributed by atoms with van der Waals surface area (Å²) in [7, 11) is 1.57. The number of hydrogen-bond acceptors (Lipinski definition) is 7. The Morgan fingerprint density at radius 3 is 2.39 bits per heavy atom. The smallest absolute Gasteiger partial charge is 0.337 e. The largest absolute Gasteiger partial charge is 0.497 e. The highest BCUT2D eigenvalue weighted by Gasteiger charge is 2.34. The van der Waals surface area contributed by atoms with Crippen LogP contribution in [-0.2, 0) is 11.3 Å². The second kappa shape index (κ2) is 11.7. The summed E-state index contributed by atoms with van der Waals surface area (Å²) in [5, 5.41) is 19.1. The van der Waals surface area contributed by atoms with Gasteiger partial charge in [0.2, 0.25) is 0 Å². The van der Waals surface area contributed by atoms with Gasteiger partial charge in [-0.05, 0) is 84.1 Å². The van der Waals surface area contributed by atoms with Crippen LogP contribution in [0, 0.1) is 0 Å². The predicted molar refractivity (Wildman–Crippen MR) is 156 cm³/mol. The third-order valence-corrected chi connectivity index (χ3v) is 7.44. The van der Waals surface area contributed by atoms with Crippen molar-refractivity contribution in [2.75, 3.05) is 7.11 Å². The van der Waals surface area contributed by atoms with Gasteiger partial charge in [0.25, 0.3) is 5.91 Å². The molecule has 1 aromatic heterocycles. The van der Waals surface area contributed by atoms with Gasteiger partial charge in [0.15, 0.2) is 5.17 Å². The lowest BCUT2D eigenvalue weighted by atomic mass is 10.1. The molecule has 0 aliphatic carbocycles. The first-order valence-electron chi connectivity index (χ1n) is 12.1. The van der Waals surface area contributed by atoms with Crippen LogP contribution in [0.3, 0.4) is 0 Å². The summed E-state index contributed by atoms with van der Waals surface area (Å²) in [6.07, 6.45) is 1.60. The molecule has 1 saturated heterocycles. The first kappa shape index (κ1) is 27.8. The van der Waals surface area contributed by atoms with Gasteiger partial charge in [0.05, 0.1) is 40.4 Å². The Balaban J connectivity index is 1.46. The van der Waals surface area contributed by atoms with Gasteiger partial charge in [-0.3, -0.25) is 9.69 Å². The molecule has 0 atom stereocenters. The van der Waals surface area contributed by atoms with E-state index in [4.69, 9.17) is 20.8 Å². The zero-order valence-electron chi connectivity index (χ0n) is 21.4. The first-order valence-corrected chi connectivity index (χ1v) is 13.3. The van der Waals surface area contributed by atoms with Crippen molar-refractivity contribution in [3.63, 3.8) is 0 Å². The van der Waals surface area contributed by atoms with Gasteiger partial charge in [0, 0.05) is 11.6 Å². The lowest BCUT2D eigenvalue weighted by molar-refractivity contribution is -0.122. The molecule has 41 heavy (non-hydrogen) atoms. The zero-order valence-corrected chi connectivity index (χ0v) is 23.0. The van der Waals surface area contributed by atoms with Gasteiger partial charge >= 0.3 is 11.9 Å². The van der Waals surface area contributed by atoms with E-state index < -0.39 is 11.9 Å². The predicted octanol–water partition coefficient (Wildman–Crippen LogP) is 6.81. The standard InChI is InChI=1S/C30H21ClN2O7S/c1-39-21-9-7-20(8-10-21)32-30-33(16-17-2-4-18(5-3-17)28(35)36)27(34)26(41-30)15-22-11-13-25(40-22)19-6-12-24(31)23(14-19)29(37)38/h2-15H,16H2,1H3,(H,35,36)(H,37,38)/b26-15+,32-30?. The van der Waals surface area contributed by atoms with Crippen molar-refractivity contribution in [3.05, 3.63) is 111 Å². The minimum absolute atomic E-state index is 0.0478. The van der Waals surface area contributed by atoms with Crippen LogP contribution in [-0.4, -0.2) is 45.2 Å². The SMILES string of the molecule is COc1ccc(N=C2S/C(=C/c3ccc(-c4ccc(Cl)c(C(=O)O)c4)o3)C(=O)N2Cc2ccc(C(=O)O)cc2)cc1. The van der Waals surface area contributed by atoms with Crippen molar-refractivity contribution in [2.24, 2.45) is 4.99 Å². The highest BCUT2D eigenvalue weighted by molar-refractivity contribution is 8.18. The Bertz CT molecular complexity index is 1710. The molecule has 0 spiro atoms. The van der Waals surface area contributed by atoms with Crippen molar-refractivity contribution in [1.82, 2.24) is 4.90 Å². The number of carbonyl (C=O) groups is 3. The van der Waals surface area contributed by atoms with Gasteiger partial charge < -0.3 is 19.4 Å². The Morgan fingerprint density at radius 2 is 1.73 bits per heavy atom. The fourth-order valence-corrected chi connectivity index (χ4v) is 5.17. The molecule has 11 heteroatoms. The molecular weight excluding hydrogens is 568 g/mol. The van der Waals surface area contributed by atoms with Gasteiger partial charge in [0.1, 0.15) is 17.3 Å². The Hall–Kier alpha value is -4.80. The second-order valence-electron chi connectivity index (χ2n) is 8.80. The highest BCUT2D eigenvalue weighted by Crippen LogP contribution is 2.36. The number of hydrogen-bond donors (Lipinski definition) is 2. The van der Waals surface area contributed by atoms with E-state index in [1.807, 2.05) is 0 Å². The molecule has 1 fully saturated rings. The molecule has 1 aliphatic rings. The highest BCUT2D eigenvalue weighted by atomic mass is 35.5. The van der Waals surface area contributed by atoms with E-state index in [2.05, 4.69) is 4.99 Å². The molecule has 1 aliphatic heterocycles. The van der Waals surface area contributed by atoms with Crippen LogP contribution in [0.25, 0.3) is 17.4 Å².